The SMILES string of the molecule is Cc1cccc(OCC(=O)N2CCC(c3nc4ccccc4s3)CC2)c1C. The number of rotatable bonds is 4. The number of hydrogen-bond acceptors (Lipinski definition) is 4. The number of aromatic nitrogens is 1. The Bertz CT molecular complexity index is 925. The topological polar surface area (TPSA) is 42.4 Å². The van der Waals surface area contributed by atoms with Crippen LogP contribution in [0.5, 0.6) is 5.75 Å². The fourth-order valence-corrected chi connectivity index (χ4v) is 4.69. The zero-order valence-corrected chi connectivity index (χ0v) is 16.6. The van der Waals surface area contributed by atoms with E-state index in [4.69, 9.17) is 9.72 Å². The summed E-state index contributed by atoms with van der Waals surface area (Å²) in [5.41, 5.74) is 3.36. The second kappa shape index (κ2) is 7.69. The summed E-state index contributed by atoms with van der Waals surface area (Å²) in [6.07, 6.45) is 1.93. The fourth-order valence-electron chi connectivity index (χ4n) is 3.55. The number of fused-ring (bicyclic) bond motifs is 1. The Hall–Kier alpha value is -2.40. The molecular formula is C22H24N2O2S. The minimum absolute atomic E-state index is 0.0682. The van der Waals surface area contributed by atoms with Gasteiger partial charge in [0.15, 0.2) is 6.61 Å². The molecular weight excluding hydrogens is 356 g/mol. The first-order valence-corrected chi connectivity index (χ1v) is 10.3. The quantitative estimate of drug-likeness (QED) is 0.659. The molecule has 0 saturated carbocycles. The first kappa shape index (κ1) is 18.0. The minimum atomic E-state index is 0.0682. The Balaban J connectivity index is 1.33. The van der Waals surface area contributed by atoms with E-state index in [2.05, 4.69) is 31.2 Å². The number of benzene rings is 2. The van der Waals surface area contributed by atoms with Crippen LogP contribution in [0.2, 0.25) is 0 Å². The van der Waals surface area contributed by atoms with E-state index in [-0.39, 0.29) is 12.5 Å². The molecule has 1 fully saturated rings. The van der Waals surface area contributed by atoms with Gasteiger partial charge in [-0.2, -0.15) is 0 Å². The summed E-state index contributed by atoms with van der Waals surface area (Å²) >= 11 is 1.78. The Morgan fingerprint density at radius 2 is 1.93 bits per heavy atom. The first-order chi connectivity index (χ1) is 13.1. The summed E-state index contributed by atoms with van der Waals surface area (Å²) in [7, 11) is 0. The number of carbonyl (C=O) groups is 1. The van der Waals surface area contributed by atoms with Crippen LogP contribution in [0.1, 0.15) is 34.9 Å². The summed E-state index contributed by atoms with van der Waals surface area (Å²) in [4.78, 5) is 19.3. The lowest BCUT2D eigenvalue weighted by molar-refractivity contribution is -0.134. The third kappa shape index (κ3) is 3.83. The van der Waals surface area contributed by atoms with Gasteiger partial charge in [0.2, 0.25) is 0 Å². The Morgan fingerprint density at radius 1 is 1.15 bits per heavy atom. The Morgan fingerprint density at radius 3 is 2.70 bits per heavy atom. The van der Waals surface area contributed by atoms with Crippen LogP contribution in [-0.2, 0) is 4.79 Å². The smallest absolute Gasteiger partial charge is 0.260 e. The largest absolute Gasteiger partial charge is 0.483 e. The van der Waals surface area contributed by atoms with Crippen molar-refractivity contribution in [2.24, 2.45) is 0 Å². The van der Waals surface area contributed by atoms with E-state index in [1.807, 2.05) is 30.0 Å². The van der Waals surface area contributed by atoms with Crippen LogP contribution >= 0.6 is 11.3 Å². The highest BCUT2D eigenvalue weighted by Gasteiger charge is 2.26. The normalized spacial score (nSPS) is 15.3. The molecule has 1 amide bonds. The molecule has 0 unspecified atom stereocenters. The molecule has 1 aliphatic heterocycles. The molecule has 1 aromatic heterocycles. The molecule has 27 heavy (non-hydrogen) atoms. The number of hydrogen-bond donors (Lipinski definition) is 0. The maximum Gasteiger partial charge on any atom is 0.260 e. The highest BCUT2D eigenvalue weighted by Crippen LogP contribution is 2.33. The molecule has 140 valence electrons. The van der Waals surface area contributed by atoms with E-state index in [9.17, 15) is 4.79 Å². The van der Waals surface area contributed by atoms with Gasteiger partial charge in [0.05, 0.1) is 15.2 Å². The molecule has 0 aliphatic carbocycles. The number of para-hydroxylation sites is 1. The zero-order valence-electron chi connectivity index (χ0n) is 15.8. The number of nitrogens with zero attached hydrogens (tertiary/aromatic N) is 2. The number of thiazole rings is 1. The number of ether oxygens (including phenoxy) is 1. The highest BCUT2D eigenvalue weighted by molar-refractivity contribution is 7.18. The van der Waals surface area contributed by atoms with Crippen LogP contribution in [0.15, 0.2) is 42.5 Å². The highest BCUT2D eigenvalue weighted by atomic mass is 32.1. The van der Waals surface area contributed by atoms with Crippen molar-refractivity contribution in [3.05, 3.63) is 58.6 Å². The van der Waals surface area contributed by atoms with Crippen LogP contribution in [0.3, 0.4) is 0 Å². The third-order valence-corrected chi connectivity index (χ3v) is 6.61. The van der Waals surface area contributed by atoms with Crippen molar-refractivity contribution in [3.8, 4) is 5.75 Å². The predicted molar refractivity (Wildman–Crippen MR) is 110 cm³/mol. The van der Waals surface area contributed by atoms with Gasteiger partial charge in [0.25, 0.3) is 5.91 Å². The van der Waals surface area contributed by atoms with Crippen molar-refractivity contribution in [1.82, 2.24) is 9.88 Å². The van der Waals surface area contributed by atoms with Gasteiger partial charge >= 0.3 is 0 Å². The molecule has 0 bridgehead atoms. The molecule has 2 aromatic carbocycles. The number of amides is 1. The van der Waals surface area contributed by atoms with Gasteiger partial charge in [-0.1, -0.05) is 24.3 Å². The maximum absolute atomic E-state index is 12.5. The maximum atomic E-state index is 12.5. The van der Waals surface area contributed by atoms with Crippen molar-refractivity contribution >= 4 is 27.5 Å². The van der Waals surface area contributed by atoms with Gasteiger partial charge in [0.1, 0.15) is 5.75 Å². The van der Waals surface area contributed by atoms with Crippen molar-refractivity contribution in [1.29, 1.82) is 0 Å². The summed E-state index contributed by atoms with van der Waals surface area (Å²) in [5, 5.41) is 1.20. The van der Waals surface area contributed by atoms with Crippen LogP contribution < -0.4 is 4.74 Å². The van der Waals surface area contributed by atoms with Gasteiger partial charge in [0, 0.05) is 19.0 Å². The third-order valence-electron chi connectivity index (χ3n) is 5.41. The van der Waals surface area contributed by atoms with Crippen LogP contribution in [0, 0.1) is 13.8 Å². The van der Waals surface area contributed by atoms with Gasteiger partial charge in [-0.05, 0) is 56.0 Å². The van der Waals surface area contributed by atoms with E-state index in [0.717, 1.165) is 42.8 Å². The average Bonchev–Trinajstić information content (AvgIpc) is 3.13. The minimum Gasteiger partial charge on any atom is -0.483 e. The number of piperidine rings is 1. The Kier molecular flexibility index (Phi) is 5.12. The van der Waals surface area contributed by atoms with Gasteiger partial charge in [-0.3, -0.25) is 4.79 Å². The summed E-state index contributed by atoms with van der Waals surface area (Å²) in [6, 6.07) is 14.2. The van der Waals surface area contributed by atoms with Crippen molar-refractivity contribution in [2.75, 3.05) is 19.7 Å². The lowest BCUT2D eigenvalue weighted by Gasteiger charge is -2.31. The second-order valence-corrected chi connectivity index (χ2v) is 8.22. The van der Waals surface area contributed by atoms with E-state index in [0.29, 0.717) is 5.92 Å². The molecule has 1 saturated heterocycles. The lowest BCUT2D eigenvalue weighted by atomic mass is 9.97. The van der Waals surface area contributed by atoms with E-state index in [1.54, 1.807) is 11.3 Å². The number of aryl methyl sites for hydroxylation is 1. The average molecular weight is 381 g/mol. The lowest BCUT2D eigenvalue weighted by Crippen LogP contribution is -2.40. The zero-order chi connectivity index (χ0) is 18.8. The van der Waals surface area contributed by atoms with Crippen molar-refractivity contribution in [2.45, 2.75) is 32.6 Å². The first-order valence-electron chi connectivity index (χ1n) is 9.44. The molecule has 0 N–H and O–H groups in total. The molecule has 3 aromatic rings. The Labute approximate surface area is 163 Å². The van der Waals surface area contributed by atoms with E-state index >= 15 is 0 Å². The predicted octanol–water partition coefficient (Wildman–Crippen LogP) is 4.70. The van der Waals surface area contributed by atoms with Crippen molar-refractivity contribution in [3.63, 3.8) is 0 Å². The van der Waals surface area contributed by atoms with Crippen molar-refractivity contribution < 1.29 is 9.53 Å². The van der Waals surface area contributed by atoms with Gasteiger partial charge in [-0.25, -0.2) is 4.98 Å². The number of likely N-dealkylation sites (tertiary alicyclic amines) is 1. The molecule has 2 heterocycles. The summed E-state index contributed by atoms with van der Waals surface area (Å²) in [5.74, 6) is 1.32. The molecule has 5 heteroatoms. The van der Waals surface area contributed by atoms with E-state index < -0.39 is 0 Å². The molecule has 4 nitrogen and oxygen atoms in total. The summed E-state index contributed by atoms with van der Waals surface area (Å²) in [6.45, 7) is 5.73. The monoisotopic (exact) mass is 380 g/mol. The molecule has 0 spiro atoms. The van der Waals surface area contributed by atoms with Crippen LogP contribution in [-0.4, -0.2) is 35.5 Å². The molecule has 4 rings (SSSR count). The van der Waals surface area contributed by atoms with Gasteiger partial charge in [-0.15, -0.1) is 11.3 Å². The van der Waals surface area contributed by atoms with Gasteiger partial charge < -0.3 is 9.64 Å². The number of carbonyl (C=O) groups excluding carboxylic acids is 1. The summed E-state index contributed by atoms with van der Waals surface area (Å²) < 4.78 is 7.03. The van der Waals surface area contributed by atoms with E-state index in [1.165, 1.54) is 15.3 Å². The second-order valence-electron chi connectivity index (χ2n) is 7.16. The molecule has 1 aliphatic rings. The van der Waals surface area contributed by atoms with Crippen LogP contribution in [0.25, 0.3) is 10.2 Å². The molecule has 0 radical (unpaired) electrons. The molecule has 0 atom stereocenters. The van der Waals surface area contributed by atoms with Crippen LogP contribution in [0.4, 0.5) is 0 Å². The fraction of sp³-hybridized carbons (Fsp3) is 0.364. The standard InChI is InChI=1S/C22H24N2O2S/c1-15-6-5-8-19(16(15)2)26-14-21(25)24-12-10-17(11-13-24)22-23-18-7-3-4-9-20(18)27-22/h3-9,17H,10-14H2,1-2H3.